The van der Waals surface area contributed by atoms with Gasteiger partial charge in [0.1, 0.15) is 11.8 Å². The number of methoxy groups -OCH3 is 1. The van der Waals surface area contributed by atoms with E-state index in [9.17, 15) is 9.59 Å². The summed E-state index contributed by atoms with van der Waals surface area (Å²) in [6, 6.07) is 24.4. The Balaban J connectivity index is 1.84. The minimum Gasteiger partial charge on any atom is -0.497 e. The number of nitrogens with zero attached hydrogens (tertiary/aromatic N) is 1. The van der Waals surface area contributed by atoms with Crippen LogP contribution in [-0.4, -0.2) is 42.2 Å². The predicted molar refractivity (Wildman–Crippen MR) is 148 cm³/mol. The van der Waals surface area contributed by atoms with Crippen molar-refractivity contribution < 1.29 is 14.3 Å². The first-order valence-electron chi connectivity index (χ1n) is 12.1. The van der Waals surface area contributed by atoms with Crippen LogP contribution in [0.2, 0.25) is 5.02 Å². The van der Waals surface area contributed by atoms with Crippen molar-refractivity contribution in [3.63, 3.8) is 0 Å². The Bertz CT molecular complexity index is 1110. The quantitative estimate of drug-likeness (QED) is 0.279. The SMILES string of the molecule is CCCNC(=O)C(Cc1ccccc1)N(Cc1cccc(OC)c1)C(=O)CCSc1ccc(Cl)cc1. The second-order valence-corrected chi connectivity index (χ2v) is 10.0. The maximum Gasteiger partial charge on any atom is 0.243 e. The largest absolute Gasteiger partial charge is 0.497 e. The average molecular weight is 525 g/mol. The lowest BCUT2D eigenvalue weighted by atomic mass is 10.0. The number of amides is 2. The molecule has 0 radical (unpaired) electrons. The summed E-state index contributed by atoms with van der Waals surface area (Å²) in [6.45, 7) is 2.90. The van der Waals surface area contributed by atoms with Crippen molar-refractivity contribution in [3.8, 4) is 5.75 Å². The molecule has 36 heavy (non-hydrogen) atoms. The van der Waals surface area contributed by atoms with Gasteiger partial charge in [-0.05, 0) is 53.9 Å². The van der Waals surface area contributed by atoms with Gasteiger partial charge >= 0.3 is 0 Å². The van der Waals surface area contributed by atoms with Crippen LogP contribution in [0.5, 0.6) is 5.75 Å². The van der Waals surface area contributed by atoms with Crippen molar-refractivity contribution in [3.05, 3.63) is 95.0 Å². The molecule has 0 aliphatic heterocycles. The van der Waals surface area contributed by atoms with E-state index in [2.05, 4.69) is 5.32 Å². The van der Waals surface area contributed by atoms with Crippen molar-refractivity contribution in [2.75, 3.05) is 19.4 Å². The zero-order valence-corrected chi connectivity index (χ0v) is 22.4. The lowest BCUT2D eigenvalue weighted by Crippen LogP contribution is -2.50. The van der Waals surface area contributed by atoms with Crippen LogP contribution in [0.3, 0.4) is 0 Å². The highest BCUT2D eigenvalue weighted by Crippen LogP contribution is 2.23. The number of ether oxygens (including phenoxy) is 1. The molecule has 0 aromatic heterocycles. The maximum absolute atomic E-state index is 13.6. The maximum atomic E-state index is 13.6. The first-order chi connectivity index (χ1) is 17.5. The summed E-state index contributed by atoms with van der Waals surface area (Å²) in [5.74, 6) is 1.12. The molecule has 7 heteroatoms. The fraction of sp³-hybridized carbons (Fsp3) is 0.310. The van der Waals surface area contributed by atoms with Gasteiger partial charge in [-0.3, -0.25) is 9.59 Å². The van der Waals surface area contributed by atoms with Gasteiger partial charge in [-0.15, -0.1) is 11.8 Å². The van der Waals surface area contributed by atoms with Crippen molar-refractivity contribution in [2.45, 2.75) is 43.7 Å². The lowest BCUT2D eigenvalue weighted by molar-refractivity contribution is -0.141. The average Bonchev–Trinajstić information content (AvgIpc) is 2.91. The third-order valence-electron chi connectivity index (χ3n) is 5.71. The molecule has 3 rings (SSSR count). The Hall–Kier alpha value is -2.96. The Kier molecular flexibility index (Phi) is 11.2. The molecular formula is C29H33ClN2O3S. The number of benzene rings is 3. The molecule has 0 fully saturated rings. The highest BCUT2D eigenvalue weighted by atomic mass is 35.5. The van der Waals surface area contributed by atoms with Gasteiger partial charge in [0.15, 0.2) is 0 Å². The number of nitrogens with one attached hydrogen (secondary N) is 1. The first kappa shape index (κ1) is 27.6. The minimum atomic E-state index is -0.627. The van der Waals surface area contributed by atoms with Crippen LogP contribution >= 0.6 is 23.4 Å². The predicted octanol–water partition coefficient (Wildman–Crippen LogP) is 6.00. The molecule has 0 spiro atoms. The van der Waals surface area contributed by atoms with E-state index in [1.54, 1.807) is 23.8 Å². The summed E-state index contributed by atoms with van der Waals surface area (Å²) in [6.07, 6.45) is 1.57. The van der Waals surface area contributed by atoms with Crippen LogP contribution in [0.4, 0.5) is 0 Å². The minimum absolute atomic E-state index is 0.0631. The van der Waals surface area contributed by atoms with E-state index < -0.39 is 6.04 Å². The van der Waals surface area contributed by atoms with Gasteiger partial charge < -0.3 is 15.0 Å². The molecular weight excluding hydrogens is 492 g/mol. The molecule has 5 nitrogen and oxygen atoms in total. The highest BCUT2D eigenvalue weighted by molar-refractivity contribution is 7.99. The Morgan fingerprint density at radius 2 is 1.72 bits per heavy atom. The van der Waals surface area contributed by atoms with Crippen molar-refractivity contribution >= 4 is 35.2 Å². The number of hydrogen-bond donors (Lipinski definition) is 1. The molecule has 0 bridgehead atoms. The summed E-state index contributed by atoms with van der Waals surface area (Å²) >= 11 is 7.59. The van der Waals surface area contributed by atoms with Gasteiger partial charge in [0, 0.05) is 41.6 Å². The van der Waals surface area contributed by atoms with Gasteiger partial charge in [-0.25, -0.2) is 0 Å². The number of carbonyl (C=O) groups excluding carboxylic acids is 2. The van der Waals surface area contributed by atoms with Gasteiger partial charge in [-0.1, -0.05) is 61.0 Å². The normalized spacial score (nSPS) is 11.5. The van der Waals surface area contributed by atoms with E-state index in [-0.39, 0.29) is 11.8 Å². The summed E-state index contributed by atoms with van der Waals surface area (Å²) in [7, 11) is 1.62. The van der Waals surface area contributed by atoms with E-state index in [0.29, 0.717) is 42.5 Å². The topological polar surface area (TPSA) is 58.6 Å². The second kappa shape index (κ2) is 14.6. The monoisotopic (exact) mass is 524 g/mol. The van der Waals surface area contributed by atoms with Crippen LogP contribution < -0.4 is 10.1 Å². The van der Waals surface area contributed by atoms with Crippen LogP contribution in [-0.2, 0) is 22.6 Å². The molecule has 1 atom stereocenters. The zero-order valence-electron chi connectivity index (χ0n) is 20.8. The summed E-state index contributed by atoms with van der Waals surface area (Å²) in [5.41, 5.74) is 1.92. The van der Waals surface area contributed by atoms with E-state index in [4.69, 9.17) is 16.3 Å². The smallest absolute Gasteiger partial charge is 0.243 e. The molecule has 3 aromatic carbocycles. The Morgan fingerprint density at radius 1 is 1.00 bits per heavy atom. The lowest BCUT2D eigenvalue weighted by Gasteiger charge is -2.31. The summed E-state index contributed by atoms with van der Waals surface area (Å²) < 4.78 is 5.38. The number of halogens is 1. The first-order valence-corrected chi connectivity index (χ1v) is 13.5. The second-order valence-electron chi connectivity index (χ2n) is 8.42. The van der Waals surface area contributed by atoms with Gasteiger partial charge in [0.05, 0.1) is 7.11 Å². The molecule has 1 N–H and O–H groups in total. The molecule has 0 saturated heterocycles. The van der Waals surface area contributed by atoms with E-state index in [1.165, 1.54) is 0 Å². The molecule has 0 aliphatic rings. The third kappa shape index (κ3) is 8.61. The fourth-order valence-electron chi connectivity index (χ4n) is 3.82. The van der Waals surface area contributed by atoms with Crippen molar-refractivity contribution in [1.29, 1.82) is 0 Å². The van der Waals surface area contributed by atoms with Gasteiger partial charge in [-0.2, -0.15) is 0 Å². The van der Waals surface area contributed by atoms with Crippen LogP contribution in [0.15, 0.2) is 83.8 Å². The summed E-state index contributed by atoms with van der Waals surface area (Å²) in [4.78, 5) is 29.7. The molecule has 190 valence electrons. The number of hydrogen-bond acceptors (Lipinski definition) is 4. The molecule has 0 aliphatic carbocycles. The number of carbonyl (C=O) groups is 2. The summed E-state index contributed by atoms with van der Waals surface area (Å²) in [5, 5.41) is 3.69. The standard InChI is InChI=1S/C29H33ClN2O3S/c1-3-17-31-29(34)27(20-22-8-5-4-6-9-22)32(21-23-10-7-11-25(19-23)35-2)28(33)16-18-36-26-14-12-24(30)13-15-26/h4-15,19,27H,3,16-18,20-21H2,1-2H3,(H,31,34). The van der Waals surface area contributed by atoms with Gasteiger partial charge in [0.2, 0.25) is 11.8 Å². The van der Waals surface area contributed by atoms with Crippen LogP contribution in [0, 0.1) is 0 Å². The van der Waals surface area contributed by atoms with Crippen molar-refractivity contribution in [2.24, 2.45) is 0 Å². The zero-order chi connectivity index (χ0) is 25.8. The highest BCUT2D eigenvalue weighted by Gasteiger charge is 2.30. The third-order valence-corrected chi connectivity index (χ3v) is 6.97. The number of rotatable bonds is 13. The van der Waals surface area contributed by atoms with Crippen molar-refractivity contribution in [1.82, 2.24) is 10.2 Å². The Labute approximate surface area is 223 Å². The molecule has 0 heterocycles. The fourth-order valence-corrected chi connectivity index (χ4v) is 4.79. The van der Waals surface area contributed by atoms with Gasteiger partial charge in [0.25, 0.3) is 0 Å². The molecule has 1 unspecified atom stereocenters. The van der Waals surface area contributed by atoms with E-state index in [0.717, 1.165) is 22.4 Å². The number of thioether (sulfide) groups is 1. The Morgan fingerprint density at radius 3 is 2.42 bits per heavy atom. The molecule has 3 aromatic rings. The van der Waals surface area contributed by atoms with Crippen LogP contribution in [0.1, 0.15) is 30.9 Å². The molecule has 0 saturated carbocycles. The van der Waals surface area contributed by atoms with E-state index in [1.807, 2.05) is 85.8 Å². The van der Waals surface area contributed by atoms with E-state index >= 15 is 0 Å². The molecule has 2 amide bonds. The van der Waals surface area contributed by atoms with Crippen LogP contribution in [0.25, 0.3) is 0 Å².